The van der Waals surface area contributed by atoms with Crippen molar-refractivity contribution in [2.24, 2.45) is 17.8 Å². The number of ether oxygens (including phenoxy) is 12. The van der Waals surface area contributed by atoms with Gasteiger partial charge in [-0.05, 0) is 91.3 Å². The van der Waals surface area contributed by atoms with Gasteiger partial charge in [0, 0.05) is 69.0 Å². The molecule has 0 aromatic heterocycles. The van der Waals surface area contributed by atoms with Crippen LogP contribution in [0, 0.1) is 24.7 Å². The molecule has 5 heterocycles. The predicted octanol–water partition coefficient (Wildman–Crippen LogP) is 4.29. The lowest BCUT2D eigenvalue weighted by molar-refractivity contribution is -0.331. The highest BCUT2D eigenvalue weighted by Crippen LogP contribution is 2.48. The van der Waals surface area contributed by atoms with Crippen LogP contribution in [0.15, 0.2) is 12.1 Å². The van der Waals surface area contributed by atoms with Crippen LogP contribution in [0.25, 0.3) is 10.8 Å². The molecule has 7 N–H and O–H groups in total. The summed E-state index contributed by atoms with van der Waals surface area (Å²) in [6.45, 7) is 18.9. The van der Waals surface area contributed by atoms with E-state index in [2.05, 4.69) is 0 Å². The van der Waals surface area contributed by atoms with Gasteiger partial charge in [0.2, 0.25) is 6.29 Å². The number of carbonyl (C=O) groups is 3. The second-order valence-electron chi connectivity index (χ2n) is 23.2. The van der Waals surface area contributed by atoms with Gasteiger partial charge in [-0.1, -0.05) is 20.8 Å². The van der Waals surface area contributed by atoms with E-state index in [1.807, 2.05) is 34.6 Å². The van der Waals surface area contributed by atoms with Gasteiger partial charge in [0.25, 0.3) is 0 Å². The van der Waals surface area contributed by atoms with Gasteiger partial charge >= 0.3 is 5.97 Å². The van der Waals surface area contributed by atoms with Crippen LogP contribution in [0.2, 0.25) is 0 Å². The van der Waals surface area contributed by atoms with E-state index in [-0.39, 0.29) is 114 Å². The highest BCUT2D eigenvalue weighted by atomic mass is 16.7. The molecule has 0 bridgehead atoms. The van der Waals surface area contributed by atoms with Crippen molar-refractivity contribution in [1.29, 1.82) is 0 Å². The fourth-order valence-corrected chi connectivity index (χ4v) is 12.0. The summed E-state index contributed by atoms with van der Waals surface area (Å²) in [7, 11) is 1.22. The molecule has 5 fully saturated rings. The van der Waals surface area contributed by atoms with E-state index in [1.165, 1.54) is 14.0 Å². The van der Waals surface area contributed by atoms with Crippen LogP contribution in [0.3, 0.4) is 0 Å². The minimum Gasteiger partial charge on any atom is -0.507 e. The molecular formula is C57H84O22. The number of aliphatic hydroxyl groups excluding tert-OH is 4. The van der Waals surface area contributed by atoms with Gasteiger partial charge < -0.3 is 92.6 Å². The standard InChI is InChI=1S/C57H84O22/c1-13-40(59)70-31(10)51(63)54(66)55(68-12)35-16-32-15-33-17-36(75-42-19-37(24(3)27(6)71-42)76-41-18-34(58)14-23(2)69-41)25(4)48(60)46(33)52(64)47(32)53(65)56(35)79-44-21-38(49(61)30(9)74-44)77-43-20-39(50(62)29(8)73-43)78-45-22-57(11,67)26(5)28(7)72-45/h15,17,23-24,26-31,34-35,37-39,41-45,49-51,55-56,58,60-64,67H,13-14,16,18-22H2,1-12H3/t23?,24-,26-,27?,28?,29?,30?,31+,34-,35-,37+,38+,39+,41-,42-,43-,44-,45-,49+,50+,51-,55-,56-,57?/m0/s1. The summed E-state index contributed by atoms with van der Waals surface area (Å²) in [4.78, 5) is 41.8. The largest absolute Gasteiger partial charge is 0.507 e. The van der Waals surface area contributed by atoms with Gasteiger partial charge in [-0.15, -0.1) is 0 Å². The topological polar surface area (TPSA) is 304 Å². The maximum Gasteiger partial charge on any atom is 0.305 e. The van der Waals surface area contributed by atoms with Crippen molar-refractivity contribution in [3.63, 3.8) is 0 Å². The van der Waals surface area contributed by atoms with Gasteiger partial charge in [-0.25, -0.2) is 0 Å². The number of benzene rings is 2. The highest BCUT2D eigenvalue weighted by molar-refractivity contribution is 6.11. The minimum absolute atomic E-state index is 0.00484. The number of methoxy groups -OCH3 is 1. The molecule has 2 aromatic rings. The van der Waals surface area contributed by atoms with E-state index in [0.29, 0.717) is 12.8 Å². The maximum absolute atomic E-state index is 15.2. The lowest BCUT2D eigenvalue weighted by atomic mass is 9.75. The van der Waals surface area contributed by atoms with Crippen molar-refractivity contribution in [2.45, 2.75) is 256 Å². The number of aromatic hydroxyl groups is 2. The quantitative estimate of drug-likeness (QED) is 0.109. The summed E-state index contributed by atoms with van der Waals surface area (Å²) in [5.74, 6) is -4.64. The molecule has 22 heteroatoms. The Bertz CT molecular complexity index is 2460. The Balaban J connectivity index is 1.06. The van der Waals surface area contributed by atoms with Gasteiger partial charge in [0.05, 0.1) is 71.5 Å². The zero-order valence-electron chi connectivity index (χ0n) is 47.3. The molecule has 1 aliphatic carbocycles. The van der Waals surface area contributed by atoms with Gasteiger partial charge in [-0.2, -0.15) is 0 Å². The Hall–Kier alpha value is -3.69. The van der Waals surface area contributed by atoms with E-state index >= 15 is 4.79 Å². The molecule has 0 amide bonds. The number of carbonyl (C=O) groups excluding carboxylic acids is 3. The molecule has 0 spiro atoms. The molecule has 0 radical (unpaired) electrons. The predicted molar refractivity (Wildman–Crippen MR) is 278 cm³/mol. The molecule has 5 aliphatic heterocycles. The Kier molecular flexibility index (Phi) is 19.4. The zero-order valence-corrected chi connectivity index (χ0v) is 47.3. The fourth-order valence-electron chi connectivity index (χ4n) is 12.0. The number of rotatable bonds is 17. The molecule has 6 unspecified atom stereocenters. The summed E-state index contributed by atoms with van der Waals surface area (Å²) >= 11 is 0. The first-order valence-corrected chi connectivity index (χ1v) is 28.0. The third kappa shape index (κ3) is 13.2. The lowest BCUT2D eigenvalue weighted by Gasteiger charge is -2.46. The third-order valence-corrected chi connectivity index (χ3v) is 17.3. The second kappa shape index (κ2) is 25.0. The number of aliphatic hydroxyl groups is 5. The van der Waals surface area contributed by atoms with Crippen LogP contribution < -0.4 is 4.74 Å². The number of esters is 1. The molecule has 5 saturated heterocycles. The average Bonchev–Trinajstić information content (AvgIpc) is 3.47. The number of fused-ring (bicyclic) bond motifs is 2. The number of phenolic OH excluding ortho intramolecular Hbond substituents is 2. The molecule has 24 atom stereocenters. The first kappa shape index (κ1) is 61.4. The van der Waals surface area contributed by atoms with Gasteiger partial charge in [-0.3, -0.25) is 14.4 Å². The molecule has 2 aromatic carbocycles. The van der Waals surface area contributed by atoms with Gasteiger partial charge in [0.15, 0.2) is 42.8 Å². The van der Waals surface area contributed by atoms with Crippen molar-refractivity contribution < 1.29 is 107 Å². The molecular weight excluding hydrogens is 1040 g/mol. The van der Waals surface area contributed by atoms with Crippen LogP contribution in [-0.4, -0.2) is 189 Å². The van der Waals surface area contributed by atoms with Crippen LogP contribution in [0.4, 0.5) is 0 Å². The monoisotopic (exact) mass is 1120 g/mol. The molecule has 444 valence electrons. The number of Topliss-reactive ketones (excluding diaryl/α,β-unsaturated/α-hetero) is 2. The zero-order chi connectivity index (χ0) is 57.7. The molecule has 79 heavy (non-hydrogen) atoms. The first-order valence-electron chi connectivity index (χ1n) is 28.0. The molecule has 0 saturated carbocycles. The van der Waals surface area contributed by atoms with Crippen molar-refractivity contribution in [3.05, 3.63) is 28.8 Å². The maximum atomic E-state index is 15.2. The molecule has 8 rings (SSSR count). The lowest BCUT2D eigenvalue weighted by Crippen LogP contribution is -2.57. The number of ketones is 2. The summed E-state index contributed by atoms with van der Waals surface area (Å²) < 4.78 is 73.8. The SMILES string of the molecule is CCC(=O)O[C@H](C)[C@H](O)C(=O)[C@@H](OC)[C@@H]1Cc2cc3cc(O[C@H]4C[C@@H](O[C@H]5C[C@@H](O)CC(C)O5)[C@@H](C)C(C)O4)c(C)c(O)c3c(O)c2C(=O)[C@H]1O[C@H]1C[C@@H](O[C@H]2C[C@@H](O[C@H]3CC(C)(O)[C@@H](C)C(C)O3)[C@H](O)C(C)O2)[C@H](O)C(C)O1. The fraction of sp³-hybridized carbons (Fsp3) is 0.772. The van der Waals surface area contributed by atoms with E-state index < -0.39 is 133 Å². The van der Waals surface area contributed by atoms with Crippen LogP contribution in [0.1, 0.15) is 136 Å². The Morgan fingerprint density at radius 2 is 1.32 bits per heavy atom. The van der Waals surface area contributed by atoms with Crippen molar-refractivity contribution >= 4 is 28.3 Å². The van der Waals surface area contributed by atoms with Crippen LogP contribution in [0.5, 0.6) is 17.2 Å². The number of phenols is 2. The van der Waals surface area contributed by atoms with Crippen molar-refractivity contribution in [1.82, 2.24) is 0 Å². The van der Waals surface area contributed by atoms with E-state index in [4.69, 9.17) is 56.8 Å². The minimum atomic E-state index is -1.90. The molecule has 6 aliphatic rings. The molecule has 22 nitrogen and oxygen atoms in total. The summed E-state index contributed by atoms with van der Waals surface area (Å²) in [5, 5.41) is 79.8. The normalized spacial score (nSPS) is 40.3. The summed E-state index contributed by atoms with van der Waals surface area (Å²) in [5.41, 5.74) is -0.843. The van der Waals surface area contributed by atoms with Gasteiger partial charge in [0.1, 0.15) is 47.8 Å². The van der Waals surface area contributed by atoms with Crippen LogP contribution in [-0.2, 0) is 68.1 Å². The second-order valence-corrected chi connectivity index (χ2v) is 23.2. The third-order valence-electron chi connectivity index (χ3n) is 17.3. The highest BCUT2D eigenvalue weighted by Gasteiger charge is 2.51. The van der Waals surface area contributed by atoms with Crippen molar-refractivity contribution in [2.75, 3.05) is 7.11 Å². The van der Waals surface area contributed by atoms with Crippen LogP contribution >= 0.6 is 0 Å². The van der Waals surface area contributed by atoms with Crippen molar-refractivity contribution in [3.8, 4) is 17.2 Å². The average molecular weight is 1120 g/mol. The Morgan fingerprint density at radius 1 is 0.747 bits per heavy atom. The Labute approximate surface area is 461 Å². The van der Waals surface area contributed by atoms with E-state index in [0.717, 1.165) is 0 Å². The number of hydrogen-bond donors (Lipinski definition) is 7. The number of hydrogen-bond acceptors (Lipinski definition) is 22. The Morgan fingerprint density at radius 3 is 1.92 bits per heavy atom. The summed E-state index contributed by atoms with van der Waals surface area (Å²) in [6, 6.07) is 3.19. The summed E-state index contributed by atoms with van der Waals surface area (Å²) in [6.07, 6.45) is -18.1. The van der Waals surface area contributed by atoms with E-state index in [9.17, 15) is 45.3 Å². The van der Waals surface area contributed by atoms with E-state index in [1.54, 1.807) is 46.8 Å². The smallest absolute Gasteiger partial charge is 0.305 e. The first-order chi connectivity index (χ1) is 37.2.